The van der Waals surface area contributed by atoms with Crippen molar-refractivity contribution in [2.75, 3.05) is 0 Å². The maximum atomic E-state index is 5.90. The van der Waals surface area contributed by atoms with Crippen LogP contribution in [0.4, 0.5) is 0 Å². The van der Waals surface area contributed by atoms with Gasteiger partial charge in [0.05, 0.1) is 0 Å². The number of nitrogens with zero attached hydrogens (tertiary/aromatic N) is 1. The lowest BCUT2D eigenvalue weighted by atomic mass is 10.2. The first kappa shape index (κ1) is 14.0. The summed E-state index contributed by atoms with van der Waals surface area (Å²) < 4.78 is 5.81. The van der Waals surface area contributed by atoms with E-state index in [-0.39, 0.29) is 0 Å². The Labute approximate surface area is 109 Å². The second kappa shape index (κ2) is 6.03. The Balaban J connectivity index is 2.76. The number of benzene rings is 1. The van der Waals surface area contributed by atoms with Crippen LogP contribution in [0, 0.1) is 0 Å². The van der Waals surface area contributed by atoms with Crippen LogP contribution in [0.5, 0.6) is 0 Å². The van der Waals surface area contributed by atoms with Crippen LogP contribution in [0.2, 0.25) is 24.7 Å². The van der Waals surface area contributed by atoms with E-state index in [2.05, 4.69) is 24.6 Å². The van der Waals surface area contributed by atoms with Crippen LogP contribution in [-0.2, 0) is 4.43 Å². The molecule has 1 rings (SSSR count). The highest BCUT2D eigenvalue weighted by Gasteiger charge is 2.16. The van der Waals surface area contributed by atoms with E-state index in [1.165, 1.54) is 0 Å². The van der Waals surface area contributed by atoms with E-state index < -0.39 is 8.32 Å². The first-order valence-corrected chi connectivity index (χ1v) is 9.34. The van der Waals surface area contributed by atoms with Crippen LogP contribution in [0.3, 0.4) is 0 Å². The molecule has 0 heterocycles. The second-order valence-electron chi connectivity index (χ2n) is 4.65. The van der Waals surface area contributed by atoms with E-state index in [0.717, 1.165) is 5.56 Å². The third-order valence-electron chi connectivity index (χ3n) is 1.85. The summed E-state index contributed by atoms with van der Waals surface area (Å²) in [7, 11) is -1.60. The van der Waals surface area contributed by atoms with Gasteiger partial charge in [0, 0.05) is 11.2 Å². The standard InChI is InChI=1S/C13H18ClNOSi/c1-5-13(16-17(2,3)4)15-10-11-7-6-8-12(14)9-11/h5-10H,1-4H3/b13-5-,15-10+. The van der Waals surface area contributed by atoms with Crippen molar-refractivity contribution in [3.05, 3.63) is 46.8 Å². The Morgan fingerprint density at radius 3 is 2.59 bits per heavy atom. The van der Waals surface area contributed by atoms with Gasteiger partial charge in [-0.3, -0.25) is 0 Å². The van der Waals surface area contributed by atoms with E-state index >= 15 is 0 Å². The highest BCUT2D eigenvalue weighted by Crippen LogP contribution is 2.13. The fraction of sp³-hybridized carbons (Fsp3) is 0.308. The predicted molar refractivity (Wildman–Crippen MR) is 77.2 cm³/mol. The Hall–Kier alpha value is -1.06. The van der Waals surface area contributed by atoms with Gasteiger partial charge in [-0.25, -0.2) is 4.99 Å². The zero-order valence-electron chi connectivity index (χ0n) is 10.7. The molecule has 0 N–H and O–H groups in total. The van der Waals surface area contributed by atoms with Crippen molar-refractivity contribution in [2.24, 2.45) is 4.99 Å². The van der Waals surface area contributed by atoms with Crippen molar-refractivity contribution in [3.8, 4) is 0 Å². The molecule has 4 heteroatoms. The molecule has 0 atom stereocenters. The monoisotopic (exact) mass is 267 g/mol. The van der Waals surface area contributed by atoms with Crippen molar-refractivity contribution in [3.63, 3.8) is 0 Å². The number of aliphatic imine (C=N–C) groups is 1. The van der Waals surface area contributed by atoms with Gasteiger partial charge in [0.2, 0.25) is 8.32 Å². The number of allylic oxidation sites excluding steroid dienone is 1. The van der Waals surface area contributed by atoms with Gasteiger partial charge < -0.3 is 4.43 Å². The molecule has 0 aromatic heterocycles. The smallest absolute Gasteiger partial charge is 0.244 e. The lowest BCUT2D eigenvalue weighted by molar-refractivity contribution is 0.417. The van der Waals surface area contributed by atoms with E-state index in [1.54, 1.807) is 6.21 Å². The third-order valence-corrected chi connectivity index (χ3v) is 2.90. The molecule has 0 unspecified atom stereocenters. The van der Waals surface area contributed by atoms with Crippen molar-refractivity contribution in [1.29, 1.82) is 0 Å². The van der Waals surface area contributed by atoms with Gasteiger partial charge in [0.25, 0.3) is 0 Å². The second-order valence-corrected chi connectivity index (χ2v) is 9.52. The zero-order chi connectivity index (χ0) is 12.9. The maximum Gasteiger partial charge on any atom is 0.244 e. The molecule has 0 saturated carbocycles. The predicted octanol–water partition coefficient (Wildman–Crippen LogP) is 4.47. The summed E-state index contributed by atoms with van der Waals surface area (Å²) in [5.74, 6) is 0.671. The first-order valence-electron chi connectivity index (χ1n) is 5.56. The molecule has 0 radical (unpaired) electrons. The van der Waals surface area contributed by atoms with Gasteiger partial charge in [-0.2, -0.15) is 0 Å². The molecule has 1 aromatic rings. The van der Waals surface area contributed by atoms with Crippen LogP contribution < -0.4 is 0 Å². The Morgan fingerprint density at radius 2 is 2.06 bits per heavy atom. The number of hydrogen-bond acceptors (Lipinski definition) is 2. The average molecular weight is 268 g/mol. The summed E-state index contributed by atoms with van der Waals surface area (Å²) in [4.78, 5) is 4.33. The molecule has 92 valence electrons. The van der Waals surface area contributed by atoms with Gasteiger partial charge in [0.1, 0.15) is 0 Å². The van der Waals surface area contributed by atoms with Gasteiger partial charge in [-0.1, -0.05) is 23.7 Å². The minimum absolute atomic E-state index is 0.671. The average Bonchev–Trinajstić information content (AvgIpc) is 2.23. The molecule has 1 aromatic carbocycles. The molecule has 2 nitrogen and oxygen atoms in total. The van der Waals surface area contributed by atoms with Crippen molar-refractivity contribution < 1.29 is 4.43 Å². The fourth-order valence-corrected chi connectivity index (χ4v) is 2.20. The summed E-state index contributed by atoms with van der Waals surface area (Å²) >= 11 is 5.90. The zero-order valence-corrected chi connectivity index (χ0v) is 12.5. The largest absolute Gasteiger partial charge is 0.532 e. The summed E-state index contributed by atoms with van der Waals surface area (Å²) in [5.41, 5.74) is 0.969. The van der Waals surface area contributed by atoms with Crippen LogP contribution in [0.25, 0.3) is 0 Å². The molecular formula is C13H18ClNOSi. The number of rotatable bonds is 4. The quantitative estimate of drug-likeness (QED) is 0.448. The Bertz CT molecular complexity index is 435. The van der Waals surface area contributed by atoms with Crippen LogP contribution >= 0.6 is 11.6 Å². The van der Waals surface area contributed by atoms with E-state index in [0.29, 0.717) is 10.9 Å². The fourth-order valence-electron chi connectivity index (χ4n) is 1.20. The molecule has 0 aliphatic rings. The molecular weight excluding hydrogens is 250 g/mol. The van der Waals surface area contributed by atoms with Gasteiger partial charge in [-0.15, -0.1) is 0 Å². The van der Waals surface area contributed by atoms with Crippen LogP contribution in [-0.4, -0.2) is 14.5 Å². The molecule has 17 heavy (non-hydrogen) atoms. The minimum Gasteiger partial charge on any atom is -0.532 e. The van der Waals surface area contributed by atoms with E-state index in [1.807, 2.05) is 37.3 Å². The van der Waals surface area contributed by atoms with Crippen molar-refractivity contribution in [2.45, 2.75) is 26.6 Å². The number of hydrogen-bond donors (Lipinski definition) is 0. The van der Waals surface area contributed by atoms with E-state index in [9.17, 15) is 0 Å². The summed E-state index contributed by atoms with van der Waals surface area (Å²) in [5, 5.41) is 0.710. The van der Waals surface area contributed by atoms with Gasteiger partial charge in [-0.05, 0) is 50.3 Å². The SMILES string of the molecule is C/C=C(/N=C/c1cccc(Cl)c1)O[Si](C)(C)C. The van der Waals surface area contributed by atoms with E-state index in [4.69, 9.17) is 16.0 Å². The molecule has 0 aliphatic heterocycles. The number of halogens is 1. The highest BCUT2D eigenvalue weighted by atomic mass is 35.5. The topological polar surface area (TPSA) is 21.6 Å². The summed E-state index contributed by atoms with van der Waals surface area (Å²) in [6.07, 6.45) is 3.64. The van der Waals surface area contributed by atoms with Crippen molar-refractivity contribution in [1.82, 2.24) is 0 Å². The summed E-state index contributed by atoms with van der Waals surface area (Å²) in [6, 6.07) is 7.57. The third kappa shape index (κ3) is 5.70. The molecule has 0 aliphatic carbocycles. The van der Waals surface area contributed by atoms with Crippen molar-refractivity contribution >= 4 is 26.1 Å². The Morgan fingerprint density at radius 1 is 1.35 bits per heavy atom. The molecule has 0 fully saturated rings. The normalized spacial score (nSPS) is 13.1. The minimum atomic E-state index is -1.60. The van der Waals surface area contributed by atoms with Crippen LogP contribution in [0.15, 0.2) is 41.2 Å². The first-order chi connectivity index (χ1) is 7.90. The lowest BCUT2D eigenvalue weighted by Crippen LogP contribution is -2.24. The molecule has 0 saturated heterocycles. The maximum absolute atomic E-state index is 5.90. The lowest BCUT2D eigenvalue weighted by Gasteiger charge is -2.18. The molecule has 0 amide bonds. The molecule has 0 bridgehead atoms. The molecule has 0 spiro atoms. The van der Waals surface area contributed by atoms with Crippen LogP contribution in [0.1, 0.15) is 12.5 Å². The van der Waals surface area contributed by atoms with Gasteiger partial charge in [0.15, 0.2) is 5.88 Å². The highest BCUT2D eigenvalue weighted by molar-refractivity contribution is 6.70. The Kier molecular flexibility index (Phi) is 4.96. The van der Waals surface area contributed by atoms with Gasteiger partial charge >= 0.3 is 0 Å². The summed E-state index contributed by atoms with van der Waals surface area (Å²) in [6.45, 7) is 8.31.